The van der Waals surface area contributed by atoms with Gasteiger partial charge in [-0.05, 0) is 36.4 Å². The average Bonchev–Trinajstić information content (AvgIpc) is 3.16. The number of aliphatic imine (C=N–C) groups is 1. The van der Waals surface area contributed by atoms with E-state index in [1.165, 1.54) is 12.1 Å². The fourth-order valence-corrected chi connectivity index (χ4v) is 2.14. The maximum Gasteiger partial charge on any atom is 0.416 e. The molecule has 0 aliphatic carbocycles. The van der Waals surface area contributed by atoms with Crippen LogP contribution in [0.1, 0.15) is 22.3 Å². The molecule has 0 saturated carbocycles. The Morgan fingerprint density at radius 1 is 0.815 bits per heavy atom. The molecule has 1 N–H and O–H groups in total. The van der Waals surface area contributed by atoms with E-state index in [4.69, 9.17) is 5.26 Å². The largest absolute Gasteiger partial charge is 0.416 e. The minimum atomic E-state index is -4.33. The Hall–Kier alpha value is -3.02. The van der Waals surface area contributed by atoms with Crippen molar-refractivity contribution in [2.24, 2.45) is 4.99 Å². The highest BCUT2D eigenvalue weighted by molar-refractivity contribution is 5.99. The molecule has 0 aromatic heterocycles. The summed E-state index contributed by atoms with van der Waals surface area (Å²) in [5, 5.41) is 11.3. The van der Waals surface area contributed by atoms with Crippen molar-refractivity contribution in [1.82, 2.24) is 5.32 Å². The lowest BCUT2D eigenvalue weighted by molar-refractivity contribution is -0.138. The normalized spacial score (nSPS) is 13.7. The number of hydrogen-bond acceptors (Lipinski definition) is 3. The van der Waals surface area contributed by atoms with Crippen LogP contribution in [0, 0.1) is 11.3 Å². The smallest absolute Gasteiger partial charge is 0.368 e. The Morgan fingerprint density at radius 3 is 1.67 bits per heavy atom. The number of nitriles is 1. The first-order chi connectivity index (χ1) is 12.6. The molecule has 0 atom stereocenters. The molecule has 1 aliphatic heterocycles. The molecule has 1 aliphatic rings. The average molecular weight is 385 g/mol. The van der Waals surface area contributed by atoms with Crippen molar-refractivity contribution in [1.29, 1.82) is 5.26 Å². The van der Waals surface area contributed by atoms with Gasteiger partial charge in [-0.25, -0.2) is 0 Å². The fraction of sp³-hybridized carbons (Fsp3) is 0.222. The van der Waals surface area contributed by atoms with Gasteiger partial charge in [0.1, 0.15) is 5.84 Å². The van der Waals surface area contributed by atoms with Crippen molar-refractivity contribution in [2.45, 2.75) is 12.4 Å². The second-order valence-corrected chi connectivity index (χ2v) is 5.42. The third-order valence-electron chi connectivity index (χ3n) is 3.50. The second-order valence-electron chi connectivity index (χ2n) is 5.42. The summed E-state index contributed by atoms with van der Waals surface area (Å²) in [5.41, 5.74) is -0.449. The summed E-state index contributed by atoms with van der Waals surface area (Å²) in [6, 6.07) is 10.8. The van der Waals surface area contributed by atoms with E-state index in [0.29, 0.717) is 17.9 Å². The molecular weight excluding hydrogens is 372 g/mol. The van der Waals surface area contributed by atoms with E-state index in [1.807, 2.05) is 0 Å². The molecule has 0 saturated heterocycles. The van der Waals surface area contributed by atoms with Gasteiger partial charge in [0.05, 0.1) is 29.3 Å². The van der Waals surface area contributed by atoms with Crippen LogP contribution in [0.25, 0.3) is 0 Å². The highest BCUT2D eigenvalue weighted by Gasteiger charge is 2.30. The molecule has 0 unspecified atom stereocenters. The monoisotopic (exact) mass is 385 g/mol. The van der Waals surface area contributed by atoms with Gasteiger partial charge in [0, 0.05) is 12.1 Å². The van der Waals surface area contributed by atoms with Gasteiger partial charge in [-0.1, -0.05) is 12.1 Å². The zero-order chi connectivity index (χ0) is 20.1. The van der Waals surface area contributed by atoms with E-state index in [2.05, 4.69) is 10.3 Å². The van der Waals surface area contributed by atoms with Crippen molar-refractivity contribution in [3.05, 3.63) is 70.8 Å². The van der Waals surface area contributed by atoms with E-state index >= 15 is 0 Å². The Morgan fingerprint density at radius 2 is 1.30 bits per heavy atom. The predicted molar refractivity (Wildman–Crippen MR) is 87.0 cm³/mol. The molecule has 142 valence electrons. The molecule has 1 heterocycles. The molecule has 0 spiro atoms. The first-order valence-corrected chi connectivity index (χ1v) is 7.64. The molecule has 0 amide bonds. The summed E-state index contributed by atoms with van der Waals surface area (Å²) in [5.74, 6) is 0.670. The van der Waals surface area contributed by atoms with Gasteiger partial charge in [0.2, 0.25) is 0 Å². The van der Waals surface area contributed by atoms with E-state index in [0.717, 1.165) is 42.9 Å². The topological polar surface area (TPSA) is 48.2 Å². The molecular formula is C18H13F6N3. The minimum Gasteiger partial charge on any atom is -0.368 e. The number of nitrogens with one attached hydrogen (secondary N) is 1. The van der Waals surface area contributed by atoms with E-state index in [9.17, 15) is 26.3 Å². The molecule has 0 bridgehead atoms. The van der Waals surface area contributed by atoms with E-state index in [-0.39, 0.29) is 5.56 Å². The van der Waals surface area contributed by atoms with E-state index < -0.39 is 23.5 Å². The summed E-state index contributed by atoms with van der Waals surface area (Å²) in [6.45, 7) is 1.42. The number of alkyl halides is 6. The number of halogens is 6. The van der Waals surface area contributed by atoms with Crippen molar-refractivity contribution < 1.29 is 26.3 Å². The first kappa shape index (κ1) is 20.3. The zero-order valence-electron chi connectivity index (χ0n) is 13.7. The SMILES string of the molecule is FC(F)(F)c1ccc(C2=NCCN2)cc1.N#Cc1ccc(C(F)(F)F)cc1. The summed E-state index contributed by atoms with van der Waals surface area (Å²) < 4.78 is 72.6. The molecule has 2 aromatic rings. The summed E-state index contributed by atoms with van der Waals surface area (Å²) in [6.07, 6.45) is -8.60. The lowest BCUT2D eigenvalue weighted by atomic mass is 10.1. The third kappa shape index (κ3) is 5.74. The van der Waals surface area contributed by atoms with Gasteiger partial charge in [-0.2, -0.15) is 31.6 Å². The van der Waals surface area contributed by atoms with E-state index in [1.54, 1.807) is 6.07 Å². The standard InChI is InChI=1S/C10H9F3N2.C8H4F3N/c11-10(12,13)8-3-1-7(2-4-8)9-14-5-6-15-9;9-8(10,11)7-3-1-6(5-12)2-4-7/h1-4H,5-6H2,(H,14,15);1-4H. The quantitative estimate of drug-likeness (QED) is 0.728. The highest BCUT2D eigenvalue weighted by Crippen LogP contribution is 2.29. The zero-order valence-corrected chi connectivity index (χ0v) is 13.7. The van der Waals surface area contributed by atoms with Crippen molar-refractivity contribution in [2.75, 3.05) is 13.1 Å². The molecule has 0 fully saturated rings. The molecule has 3 rings (SSSR count). The minimum absolute atomic E-state index is 0.225. The Balaban J connectivity index is 0.000000199. The Kier molecular flexibility index (Phi) is 6.10. The van der Waals surface area contributed by atoms with Crippen LogP contribution in [-0.2, 0) is 12.4 Å². The van der Waals surface area contributed by atoms with Gasteiger partial charge < -0.3 is 5.32 Å². The number of hydrogen-bond donors (Lipinski definition) is 1. The summed E-state index contributed by atoms with van der Waals surface area (Å²) in [7, 11) is 0. The number of amidine groups is 1. The summed E-state index contributed by atoms with van der Waals surface area (Å²) >= 11 is 0. The number of benzene rings is 2. The van der Waals surface area contributed by atoms with Gasteiger partial charge in [-0.3, -0.25) is 4.99 Å². The van der Waals surface area contributed by atoms with Crippen LogP contribution in [0.2, 0.25) is 0 Å². The van der Waals surface area contributed by atoms with Gasteiger partial charge >= 0.3 is 12.4 Å². The molecule has 27 heavy (non-hydrogen) atoms. The highest BCUT2D eigenvalue weighted by atomic mass is 19.4. The molecule has 9 heteroatoms. The first-order valence-electron chi connectivity index (χ1n) is 7.64. The van der Waals surface area contributed by atoms with Crippen LogP contribution >= 0.6 is 0 Å². The molecule has 2 aromatic carbocycles. The van der Waals surface area contributed by atoms with Crippen LogP contribution in [0.5, 0.6) is 0 Å². The van der Waals surface area contributed by atoms with Gasteiger partial charge in [-0.15, -0.1) is 0 Å². The van der Waals surface area contributed by atoms with Crippen LogP contribution in [0.3, 0.4) is 0 Å². The molecule has 0 radical (unpaired) electrons. The van der Waals surface area contributed by atoms with Crippen molar-refractivity contribution in [3.8, 4) is 6.07 Å². The van der Waals surface area contributed by atoms with Crippen LogP contribution in [0.15, 0.2) is 53.5 Å². The predicted octanol–water partition coefficient (Wildman–Crippen LogP) is 4.63. The molecule has 3 nitrogen and oxygen atoms in total. The maximum atomic E-state index is 12.3. The maximum absolute atomic E-state index is 12.3. The van der Waals surface area contributed by atoms with Crippen LogP contribution in [-0.4, -0.2) is 18.9 Å². The van der Waals surface area contributed by atoms with Crippen LogP contribution in [0.4, 0.5) is 26.3 Å². The van der Waals surface area contributed by atoms with Crippen molar-refractivity contribution >= 4 is 5.84 Å². The third-order valence-corrected chi connectivity index (χ3v) is 3.50. The lowest BCUT2D eigenvalue weighted by Crippen LogP contribution is -2.19. The van der Waals surface area contributed by atoms with Crippen molar-refractivity contribution in [3.63, 3.8) is 0 Å². The van der Waals surface area contributed by atoms with Gasteiger partial charge in [0.25, 0.3) is 0 Å². The Bertz CT molecular complexity index is 828. The summed E-state index contributed by atoms with van der Waals surface area (Å²) in [4.78, 5) is 4.12. The second kappa shape index (κ2) is 8.12. The number of nitrogens with zero attached hydrogens (tertiary/aromatic N) is 2. The van der Waals surface area contributed by atoms with Crippen LogP contribution < -0.4 is 5.32 Å². The fourth-order valence-electron chi connectivity index (χ4n) is 2.14. The lowest BCUT2D eigenvalue weighted by Gasteiger charge is -2.07. The Labute approximate surface area is 151 Å². The number of rotatable bonds is 1. The van der Waals surface area contributed by atoms with Gasteiger partial charge in [0.15, 0.2) is 0 Å².